The Morgan fingerprint density at radius 2 is 2.06 bits per heavy atom. The van der Waals surface area contributed by atoms with Crippen molar-refractivity contribution in [1.82, 2.24) is 4.90 Å². The maximum Gasteiger partial charge on any atom is 0.122 e. The highest BCUT2D eigenvalue weighted by Crippen LogP contribution is 2.40. The number of nitrogens with zero attached hydrogens (tertiary/aromatic N) is 1. The van der Waals surface area contributed by atoms with E-state index >= 15 is 0 Å². The van der Waals surface area contributed by atoms with Gasteiger partial charge < -0.3 is 14.7 Å². The Morgan fingerprint density at radius 1 is 1.33 bits per heavy atom. The van der Waals surface area contributed by atoms with Crippen LogP contribution < -0.4 is 4.74 Å². The summed E-state index contributed by atoms with van der Waals surface area (Å²) in [7, 11) is 5.85. The first kappa shape index (κ1) is 13.4. The van der Waals surface area contributed by atoms with Gasteiger partial charge >= 0.3 is 0 Å². The topological polar surface area (TPSA) is 32.7 Å². The second-order valence-electron chi connectivity index (χ2n) is 5.60. The van der Waals surface area contributed by atoms with E-state index in [9.17, 15) is 5.11 Å². The number of benzene rings is 1. The van der Waals surface area contributed by atoms with E-state index in [4.69, 9.17) is 4.74 Å². The zero-order valence-corrected chi connectivity index (χ0v) is 11.6. The third-order valence-corrected chi connectivity index (χ3v) is 3.54. The summed E-state index contributed by atoms with van der Waals surface area (Å²) in [6.07, 6.45) is 3.57. The molecule has 0 unspecified atom stereocenters. The molecule has 0 bridgehead atoms. The monoisotopic (exact) mass is 249 g/mol. The van der Waals surface area contributed by atoms with E-state index in [0.29, 0.717) is 6.42 Å². The van der Waals surface area contributed by atoms with Crippen LogP contribution in [0.1, 0.15) is 24.0 Å². The number of aliphatic hydroxyl groups is 1. The minimum Gasteiger partial charge on any atom is -0.496 e. The van der Waals surface area contributed by atoms with Crippen LogP contribution in [-0.2, 0) is 12.8 Å². The standard InChI is InChI=1S/C15H23NO2/c1-16(2)9-6-12-4-5-14(18-3)13(10-12)11-15(17)7-8-15/h4-5,10,17H,6-9,11H2,1-3H3. The Hall–Kier alpha value is -1.06. The van der Waals surface area contributed by atoms with Crippen LogP contribution in [0.3, 0.4) is 0 Å². The molecule has 1 aromatic carbocycles. The quantitative estimate of drug-likeness (QED) is 0.835. The Morgan fingerprint density at radius 3 is 2.61 bits per heavy atom. The number of hydrogen-bond donors (Lipinski definition) is 1. The fraction of sp³-hybridized carbons (Fsp3) is 0.600. The molecule has 1 aliphatic rings. The maximum atomic E-state index is 10.0. The van der Waals surface area contributed by atoms with Crippen LogP contribution in [0, 0.1) is 0 Å². The lowest BCUT2D eigenvalue weighted by Gasteiger charge is -2.15. The second-order valence-corrected chi connectivity index (χ2v) is 5.60. The largest absolute Gasteiger partial charge is 0.496 e. The molecule has 1 aromatic rings. The van der Waals surface area contributed by atoms with Gasteiger partial charge in [-0.2, -0.15) is 0 Å². The molecule has 1 aliphatic carbocycles. The Kier molecular flexibility index (Phi) is 3.93. The smallest absolute Gasteiger partial charge is 0.122 e. The van der Waals surface area contributed by atoms with Crippen molar-refractivity contribution in [1.29, 1.82) is 0 Å². The lowest BCUT2D eigenvalue weighted by atomic mass is 10.0. The van der Waals surface area contributed by atoms with Gasteiger partial charge in [-0.1, -0.05) is 12.1 Å². The van der Waals surface area contributed by atoms with Crippen LogP contribution in [0.2, 0.25) is 0 Å². The summed E-state index contributed by atoms with van der Waals surface area (Å²) in [5, 5.41) is 10.0. The normalized spacial score (nSPS) is 16.9. The van der Waals surface area contributed by atoms with Gasteiger partial charge in [-0.25, -0.2) is 0 Å². The Bertz CT molecular complexity index is 411. The summed E-state index contributed by atoms with van der Waals surface area (Å²) in [5.74, 6) is 0.893. The second kappa shape index (κ2) is 5.29. The van der Waals surface area contributed by atoms with E-state index in [0.717, 1.165) is 37.1 Å². The van der Waals surface area contributed by atoms with Crippen LogP contribution in [0.4, 0.5) is 0 Å². The van der Waals surface area contributed by atoms with Crippen molar-refractivity contribution in [3.63, 3.8) is 0 Å². The van der Waals surface area contributed by atoms with Crippen LogP contribution in [-0.4, -0.2) is 43.4 Å². The molecule has 3 nitrogen and oxygen atoms in total. The van der Waals surface area contributed by atoms with Crippen molar-refractivity contribution in [2.75, 3.05) is 27.7 Å². The van der Waals surface area contributed by atoms with Crippen LogP contribution in [0.5, 0.6) is 5.75 Å². The van der Waals surface area contributed by atoms with E-state index in [1.54, 1.807) is 7.11 Å². The molecule has 0 radical (unpaired) electrons. The maximum absolute atomic E-state index is 10.0. The predicted molar refractivity (Wildman–Crippen MR) is 73.1 cm³/mol. The lowest BCUT2D eigenvalue weighted by molar-refractivity contribution is 0.150. The van der Waals surface area contributed by atoms with Gasteiger partial charge in [0.25, 0.3) is 0 Å². The van der Waals surface area contributed by atoms with Gasteiger partial charge in [-0.05, 0) is 50.6 Å². The molecule has 0 aromatic heterocycles. The Balaban J connectivity index is 2.11. The van der Waals surface area contributed by atoms with Crippen molar-refractivity contribution in [2.24, 2.45) is 0 Å². The summed E-state index contributed by atoms with van der Waals surface area (Å²) in [5.41, 5.74) is 1.98. The minimum absolute atomic E-state index is 0.465. The van der Waals surface area contributed by atoms with Gasteiger partial charge in [0.1, 0.15) is 5.75 Å². The molecule has 0 atom stereocenters. The number of rotatable bonds is 6. The molecule has 3 heteroatoms. The highest BCUT2D eigenvalue weighted by molar-refractivity contribution is 5.39. The van der Waals surface area contributed by atoms with Gasteiger partial charge in [0, 0.05) is 13.0 Å². The minimum atomic E-state index is -0.465. The number of hydrogen-bond acceptors (Lipinski definition) is 3. The van der Waals surface area contributed by atoms with Gasteiger partial charge in [-0.15, -0.1) is 0 Å². The molecule has 0 spiro atoms. The Labute approximate surface area is 109 Å². The predicted octanol–water partition coefficient (Wildman–Crippen LogP) is 1.87. The van der Waals surface area contributed by atoms with Crippen molar-refractivity contribution in [3.05, 3.63) is 29.3 Å². The molecule has 1 N–H and O–H groups in total. The molecular formula is C15H23NO2. The summed E-state index contributed by atoms with van der Waals surface area (Å²) in [6, 6.07) is 6.31. The molecule has 1 fully saturated rings. The third kappa shape index (κ3) is 3.47. The van der Waals surface area contributed by atoms with E-state index in [-0.39, 0.29) is 0 Å². The van der Waals surface area contributed by atoms with Crippen molar-refractivity contribution < 1.29 is 9.84 Å². The number of methoxy groups -OCH3 is 1. The molecule has 0 saturated heterocycles. The average molecular weight is 249 g/mol. The third-order valence-electron chi connectivity index (χ3n) is 3.54. The first-order valence-electron chi connectivity index (χ1n) is 6.55. The first-order chi connectivity index (χ1) is 8.52. The average Bonchev–Trinajstić information content (AvgIpc) is 3.04. The molecule has 0 heterocycles. The van der Waals surface area contributed by atoms with Gasteiger partial charge in [-0.3, -0.25) is 0 Å². The summed E-state index contributed by atoms with van der Waals surface area (Å²) in [6.45, 7) is 1.04. The molecule has 18 heavy (non-hydrogen) atoms. The highest BCUT2D eigenvalue weighted by Gasteiger charge is 2.40. The van der Waals surface area contributed by atoms with E-state index in [1.807, 2.05) is 6.07 Å². The lowest BCUT2D eigenvalue weighted by Crippen LogP contribution is -2.16. The fourth-order valence-corrected chi connectivity index (χ4v) is 2.15. The first-order valence-corrected chi connectivity index (χ1v) is 6.55. The van der Waals surface area contributed by atoms with Crippen LogP contribution >= 0.6 is 0 Å². The fourth-order valence-electron chi connectivity index (χ4n) is 2.15. The number of likely N-dealkylation sites (N-methyl/N-ethyl adjacent to an activating group) is 1. The molecule has 0 aliphatic heterocycles. The molecule has 0 amide bonds. The van der Waals surface area contributed by atoms with Gasteiger partial charge in [0.15, 0.2) is 0 Å². The van der Waals surface area contributed by atoms with Crippen LogP contribution in [0.25, 0.3) is 0 Å². The highest BCUT2D eigenvalue weighted by atomic mass is 16.5. The molecular weight excluding hydrogens is 226 g/mol. The van der Waals surface area contributed by atoms with Gasteiger partial charge in [0.05, 0.1) is 12.7 Å². The zero-order valence-electron chi connectivity index (χ0n) is 11.6. The van der Waals surface area contributed by atoms with Crippen molar-refractivity contribution >= 4 is 0 Å². The summed E-state index contributed by atoms with van der Waals surface area (Å²) < 4.78 is 5.38. The van der Waals surface area contributed by atoms with E-state index in [1.165, 1.54) is 5.56 Å². The number of ether oxygens (including phenoxy) is 1. The SMILES string of the molecule is COc1ccc(CCN(C)C)cc1CC1(O)CC1. The van der Waals surface area contributed by atoms with Crippen LogP contribution in [0.15, 0.2) is 18.2 Å². The van der Waals surface area contributed by atoms with Crippen molar-refractivity contribution in [3.8, 4) is 5.75 Å². The summed E-state index contributed by atoms with van der Waals surface area (Å²) >= 11 is 0. The molecule has 100 valence electrons. The zero-order chi connectivity index (χ0) is 13.2. The van der Waals surface area contributed by atoms with Crippen molar-refractivity contribution in [2.45, 2.75) is 31.3 Å². The molecule has 2 rings (SSSR count). The van der Waals surface area contributed by atoms with E-state index in [2.05, 4.69) is 31.1 Å². The summed E-state index contributed by atoms with van der Waals surface area (Å²) in [4.78, 5) is 2.18. The van der Waals surface area contributed by atoms with Gasteiger partial charge in [0.2, 0.25) is 0 Å². The van der Waals surface area contributed by atoms with E-state index < -0.39 is 5.60 Å². The molecule has 1 saturated carbocycles.